The second-order valence-corrected chi connectivity index (χ2v) is 3.89. The Morgan fingerprint density at radius 2 is 2.08 bits per heavy atom. The third kappa shape index (κ3) is 8.56. The largest absolute Gasteiger partial charge is 0.469 e. The third-order valence-corrected chi connectivity index (χ3v) is 1.80. The zero-order chi connectivity index (χ0) is 9.61. The Bertz CT molecular complexity index is 156. The lowest BCUT2D eigenvalue weighted by atomic mass is 10.4. The predicted octanol–water partition coefficient (Wildman–Crippen LogP) is -0.304. The van der Waals surface area contributed by atoms with Crippen molar-refractivity contribution in [2.24, 2.45) is 0 Å². The van der Waals surface area contributed by atoms with Gasteiger partial charge in [-0.3, -0.25) is 4.52 Å². The summed E-state index contributed by atoms with van der Waals surface area (Å²) in [6, 6.07) is 0. The van der Waals surface area contributed by atoms with E-state index in [0.29, 0.717) is 0 Å². The standard InChI is InChI=1S/C4H12O6P2/c1-11-9-2-4(5)3-10-12(6,7)8/h4-5,11H,2-3H2,1H3,(H2,6,7,8)/t4-/m0/s1. The Labute approximate surface area is 72.0 Å². The van der Waals surface area contributed by atoms with Crippen LogP contribution in [0, 0.1) is 0 Å². The number of phosphoric ester groups is 1. The Morgan fingerprint density at radius 3 is 2.50 bits per heavy atom. The van der Waals surface area contributed by atoms with Gasteiger partial charge in [0.1, 0.15) is 6.10 Å². The van der Waals surface area contributed by atoms with Crippen molar-refractivity contribution in [2.75, 3.05) is 19.9 Å². The first kappa shape index (κ1) is 12.5. The normalized spacial score (nSPS) is 15.7. The highest BCUT2D eigenvalue weighted by Gasteiger charge is 2.16. The molecule has 0 heterocycles. The molecule has 0 aromatic rings. The van der Waals surface area contributed by atoms with Crippen LogP contribution in [0.2, 0.25) is 0 Å². The van der Waals surface area contributed by atoms with Crippen molar-refractivity contribution in [2.45, 2.75) is 6.10 Å². The number of hydrogen-bond acceptors (Lipinski definition) is 4. The molecule has 6 nitrogen and oxygen atoms in total. The van der Waals surface area contributed by atoms with Gasteiger partial charge in [-0.05, 0) is 6.66 Å². The minimum absolute atomic E-state index is 0.0228. The lowest BCUT2D eigenvalue weighted by Gasteiger charge is -2.10. The van der Waals surface area contributed by atoms with Crippen molar-refractivity contribution in [3.05, 3.63) is 0 Å². The maximum atomic E-state index is 10.1. The van der Waals surface area contributed by atoms with Crippen LogP contribution in [0.25, 0.3) is 0 Å². The summed E-state index contributed by atoms with van der Waals surface area (Å²) in [5, 5.41) is 8.95. The molecule has 8 heteroatoms. The minimum Gasteiger partial charge on any atom is -0.388 e. The van der Waals surface area contributed by atoms with Crippen LogP contribution in [0.1, 0.15) is 0 Å². The molecule has 12 heavy (non-hydrogen) atoms. The maximum Gasteiger partial charge on any atom is 0.469 e. The van der Waals surface area contributed by atoms with Gasteiger partial charge in [0.25, 0.3) is 0 Å². The topological polar surface area (TPSA) is 96.2 Å². The highest BCUT2D eigenvalue weighted by atomic mass is 31.2. The predicted molar refractivity (Wildman–Crippen MR) is 44.2 cm³/mol. The number of hydrogen-bond donors (Lipinski definition) is 3. The molecule has 0 rings (SSSR count). The van der Waals surface area contributed by atoms with Gasteiger partial charge in [0, 0.05) is 8.81 Å². The van der Waals surface area contributed by atoms with E-state index in [0.717, 1.165) is 0 Å². The molecule has 0 aliphatic rings. The summed E-state index contributed by atoms with van der Waals surface area (Å²) in [4.78, 5) is 16.5. The monoisotopic (exact) mass is 218 g/mol. The van der Waals surface area contributed by atoms with E-state index in [1.54, 1.807) is 6.66 Å². The van der Waals surface area contributed by atoms with Crippen molar-refractivity contribution < 1.29 is 28.5 Å². The molecule has 0 fully saturated rings. The van der Waals surface area contributed by atoms with Crippen LogP contribution in [-0.4, -0.2) is 40.9 Å². The summed E-state index contributed by atoms with van der Waals surface area (Å²) in [5.41, 5.74) is 0. The van der Waals surface area contributed by atoms with E-state index in [-0.39, 0.29) is 15.4 Å². The van der Waals surface area contributed by atoms with Crippen molar-refractivity contribution in [1.82, 2.24) is 0 Å². The second kappa shape index (κ2) is 6.00. The molecular formula is C4H12O6P2. The van der Waals surface area contributed by atoms with Gasteiger partial charge in [0.05, 0.1) is 13.2 Å². The highest BCUT2D eigenvalue weighted by Crippen LogP contribution is 2.35. The molecule has 3 N–H and O–H groups in total. The van der Waals surface area contributed by atoms with Gasteiger partial charge >= 0.3 is 7.82 Å². The van der Waals surface area contributed by atoms with Gasteiger partial charge in [0.15, 0.2) is 0 Å². The summed E-state index contributed by atoms with van der Waals surface area (Å²) in [6.07, 6.45) is -0.995. The van der Waals surface area contributed by atoms with Crippen molar-refractivity contribution >= 4 is 16.6 Å². The average Bonchev–Trinajstić information content (AvgIpc) is 1.95. The summed E-state index contributed by atoms with van der Waals surface area (Å²) < 4.78 is 19.0. The van der Waals surface area contributed by atoms with Crippen LogP contribution in [0.5, 0.6) is 0 Å². The third-order valence-electron chi connectivity index (χ3n) is 0.855. The molecule has 0 radical (unpaired) electrons. The zero-order valence-electron chi connectivity index (χ0n) is 6.51. The quantitative estimate of drug-likeness (QED) is 0.529. The van der Waals surface area contributed by atoms with Gasteiger partial charge in [-0.25, -0.2) is 4.57 Å². The van der Waals surface area contributed by atoms with E-state index in [2.05, 4.69) is 4.52 Å². The van der Waals surface area contributed by atoms with Gasteiger partial charge < -0.3 is 19.4 Å². The average molecular weight is 218 g/mol. The van der Waals surface area contributed by atoms with E-state index in [9.17, 15) is 4.57 Å². The first-order valence-electron chi connectivity index (χ1n) is 3.12. The molecule has 0 aliphatic heterocycles. The molecule has 74 valence electrons. The molecule has 0 spiro atoms. The lowest BCUT2D eigenvalue weighted by Crippen LogP contribution is -2.19. The minimum atomic E-state index is -4.47. The van der Waals surface area contributed by atoms with Crippen molar-refractivity contribution in [3.8, 4) is 0 Å². The first-order valence-corrected chi connectivity index (χ1v) is 6.06. The molecule has 0 aromatic heterocycles. The Kier molecular flexibility index (Phi) is 6.23. The SMILES string of the molecule is CPOC[C@H](O)COP(=O)(O)O. The fourth-order valence-electron chi connectivity index (χ4n) is 0.411. The Balaban J connectivity index is 3.44. The number of rotatable bonds is 6. The molecule has 0 saturated carbocycles. The van der Waals surface area contributed by atoms with Gasteiger partial charge in [-0.1, -0.05) is 0 Å². The van der Waals surface area contributed by atoms with Gasteiger partial charge in [0.2, 0.25) is 0 Å². The summed E-state index contributed by atoms with van der Waals surface area (Å²) in [6.45, 7) is 1.38. The number of aliphatic hydroxyl groups is 1. The summed E-state index contributed by atoms with van der Waals surface area (Å²) in [5.74, 6) is 0. The van der Waals surface area contributed by atoms with Gasteiger partial charge in [-0.15, -0.1) is 0 Å². The maximum absolute atomic E-state index is 10.1. The van der Waals surface area contributed by atoms with E-state index >= 15 is 0 Å². The Morgan fingerprint density at radius 1 is 1.50 bits per heavy atom. The number of phosphoric acid groups is 1. The smallest absolute Gasteiger partial charge is 0.388 e. The van der Waals surface area contributed by atoms with Crippen molar-refractivity contribution in [1.29, 1.82) is 0 Å². The van der Waals surface area contributed by atoms with Crippen LogP contribution >= 0.6 is 16.6 Å². The van der Waals surface area contributed by atoms with Crippen LogP contribution in [0.3, 0.4) is 0 Å². The van der Waals surface area contributed by atoms with E-state index in [1.807, 2.05) is 0 Å². The molecule has 0 bridgehead atoms. The van der Waals surface area contributed by atoms with Gasteiger partial charge in [-0.2, -0.15) is 0 Å². The molecule has 0 saturated heterocycles. The first-order chi connectivity index (χ1) is 5.45. The van der Waals surface area contributed by atoms with Crippen LogP contribution in [0.15, 0.2) is 0 Å². The fraction of sp³-hybridized carbons (Fsp3) is 1.00. The molecule has 0 aromatic carbocycles. The summed E-state index contributed by atoms with van der Waals surface area (Å²) >= 11 is 0. The van der Waals surface area contributed by atoms with Crippen LogP contribution in [0.4, 0.5) is 0 Å². The van der Waals surface area contributed by atoms with E-state index < -0.39 is 20.5 Å². The zero-order valence-corrected chi connectivity index (χ0v) is 8.40. The highest BCUT2D eigenvalue weighted by molar-refractivity contribution is 7.46. The molecule has 1 unspecified atom stereocenters. The molecule has 0 aliphatic carbocycles. The Hall–Kier alpha value is 0.460. The number of aliphatic hydroxyl groups excluding tert-OH is 1. The molecular weight excluding hydrogens is 206 g/mol. The van der Waals surface area contributed by atoms with Crippen LogP contribution in [-0.2, 0) is 13.6 Å². The van der Waals surface area contributed by atoms with Crippen molar-refractivity contribution in [3.63, 3.8) is 0 Å². The van der Waals surface area contributed by atoms with E-state index in [1.165, 1.54) is 0 Å². The van der Waals surface area contributed by atoms with E-state index in [4.69, 9.17) is 19.4 Å². The van der Waals surface area contributed by atoms with Crippen LogP contribution < -0.4 is 0 Å². The lowest BCUT2D eigenvalue weighted by molar-refractivity contribution is 0.0543. The second-order valence-electron chi connectivity index (χ2n) is 1.96. The molecule has 0 amide bonds. The summed E-state index contributed by atoms with van der Waals surface area (Å²) in [7, 11) is -4.23. The molecule has 2 atom stereocenters. The fourth-order valence-corrected chi connectivity index (χ4v) is 1.14.